The molecule has 0 aliphatic rings. The van der Waals surface area contributed by atoms with E-state index in [1.807, 2.05) is 36.4 Å². The minimum Gasteiger partial charge on any atom is -0.493 e. The van der Waals surface area contributed by atoms with Gasteiger partial charge in [0.15, 0.2) is 11.5 Å². The van der Waals surface area contributed by atoms with Gasteiger partial charge >= 0.3 is 0 Å². The number of methoxy groups -OCH3 is 1. The third-order valence-corrected chi connectivity index (χ3v) is 5.12. The first-order chi connectivity index (χ1) is 17.2. The standard InChI is InChI=1S/C25H29N5O3.CH5N/c1-3-19-7-6-8-20(15-19)29-25-21-16-24(23(32-2)17-22(21)27-18-28-25)33-14-12-30(11-9-26)10-4-5-13-31;1-2/h1,6-8,13,15-18H,4-5,9-12,14,26H2,2H3,(H,27,28,29);2H2,1H3. The van der Waals surface area contributed by atoms with Gasteiger partial charge in [-0.2, -0.15) is 0 Å². The second kappa shape index (κ2) is 15.2. The number of benzene rings is 2. The lowest BCUT2D eigenvalue weighted by Crippen LogP contribution is -2.34. The smallest absolute Gasteiger partial charge is 0.162 e. The van der Waals surface area contributed by atoms with E-state index < -0.39 is 0 Å². The molecule has 2 aromatic carbocycles. The Labute approximate surface area is 206 Å². The van der Waals surface area contributed by atoms with Crippen molar-refractivity contribution < 1.29 is 14.3 Å². The highest BCUT2D eigenvalue weighted by molar-refractivity contribution is 5.93. The largest absolute Gasteiger partial charge is 0.493 e. The van der Waals surface area contributed by atoms with Crippen molar-refractivity contribution in [2.75, 3.05) is 52.3 Å². The van der Waals surface area contributed by atoms with Crippen LogP contribution in [-0.2, 0) is 4.79 Å². The first-order valence-corrected chi connectivity index (χ1v) is 11.4. The van der Waals surface area contributed by atoms with Crippen molar-refractivity contribution in [2.45, 2.75) is 12.8 Å². The number of ether oxygens (including phenoxy) is 2. The van der Waals surface area contributed by atoms with E-state index in [-0.39, 0.29) is 0 Å². The number of terminal acetylenes is 1. The minimum atomic E-state index is 0.448. The summed E-state index contributed by atoms with van der Waals surface area (Å²) < 4.78 is 11.6. The summed E-state index contributed by atoms with van der Waals surface area (Å²) in [5, 5.41) is 4.11. The third kappa shape index (κ3) is 8.22. The van der Waals surface area contributed by atoms with Crippen LogP contribution in [0.2, 0.25) is 0 Å². The number of nitrogens with two attached hydrogens (primary N) is 2. The van der Waals surface area contributed by atoms with Gasteiger partial charge in [0.1, 0.15) is 25.0 Å². The van der Waals surface area contributed by atoms with Crippen LogP contribution in [0.25, 0.3) is 10.9 Å². The van der Waals surface area contributed by atoms with Crippen LogP contribution < -0.4 is 26.3 Å². The summed E-state index contributed by atoms with van der Waals surface area (Å²) in [5.74, 6) is 4.46. The van der Waals surface area contributed by atoms with Gasteiger partial charge < -0.3 is 31.1 Å². The molecule has 0 aliphatic carbocycles. The molecule has 0 saturated heterocycles. The maximum Gasteiger partial charge on any atom is 0.162 e. The normalized spacial score (nSPS) is 10.3. The maximum atomic E-state index is 10.6. The van der Waals surface area contributed by atoms with Crippen molar-refractivity contribution >= 4 is 28.7 Å². The van der Waals surface area contributed by atoms with E-state index in [1.165, 1.54) is 13.4 Å². The van der Waals surface area contributed by atoms with Crippen LogP contribution in [0, 0.1) is 12.3 Å². The number of hydrogen-bond donors (Lipinski definition) is 3. The summed E-state index contributed by atoms with van der Waals surface area (Å²) in [6.07, 6.45) is 9.30. The number of hydrogen-bond acceptors (Lipinski definition) is 9. The Balaban J connectivity index is 0.00000210. The number of fused-ring (bicyclic) bond motifs is 1. The highest BCUT2D eigenvalue weighted by Gasteiger charge is 2.13. The Morgan fingerprint density at radius 2 is 1.97 bits per heavy atom. The lowest BCUT2D eigenvalue weighted by molar-refractivity contribution is -0.108. The highest BCUT2D eigenvalue weighted by Crippen LogP contribution is 2.34. The van der Waals surface area contributed by atoms with E-state index >= 15 is 0 Å². The fourth-order valence-corrected chi connectivity index (χ4v) is 3.46. The average molecular weight is 479 g/mol. The van der Waals surface area contributed by atoms with Crippen LogP contribution in [0.1, 0.15) is 18.4 Å². The van der Waals surface area contributed by atoms with Gasteiger partial charge in [0.25, 0.3) is 0 Å². The molecule has 35 heavy (non-hydrogen) atoms. The van der Waals surface area contributed by atoms with Crippen LogP contribution in [0.4, 0.5) is 11.5 Å². The topological polar surface area (TPSA) is 129 Å². The molecule has 0 spiro atoms. The van der Waals surface area contributed by atoms with Crippen LogP contribution in [0.5, 0.6) is 11.5 Å². The molecular formula is C26H34N6O3. The summed E-state index contributed by atoms with van der Waals surface area (Å²) in [7, 11) is 3.10. The Hall–Kier alpha value is -3.71. The minimum absolute atomic E-state index is 0.448. The van der Waals surface area contributed by atoms with E-state index in [9.17, 15) is 4.79 Å². The van der Waals surface area contributed by atoms with Gasteiger partial charge in [-0.3, -0.25) is 4.90 Å². The molecule has 9 heteroatoms. The number of nitrogens with zero attached hydrogens (tertiary/aromatic N) is 3. The van der Waals surface area contributed by atoms with Gasteiger partial charge in [0, 0.05) is 48.8 Å². The number of carbonyl (C=O) groups is 1. The molecule has 0 radical (unpaired) electrons. The summed E-state index contributed by atoms with van der Waals surface area (Å²) >= 11 is 0. The zero-order valence-electron chi connectivity index (χ0n) is 20.4. The molecular weight excluding hydrogens is 444 g/mol. The second-order valence-corrected chi connectivity index (χ2v) is 7.38. The van der Waals surface area contributed by atoms with Crippen LogP contribution in [0.3, 0.4) is 0 Å². The molecule has 5 N–H and O–H groups in total. The van der Waals surface area contributed by atoms with Crippen molar-refractivity contribution in [3.8, 4) is 23.8 Å². The molecule has 1 heterocycles. The van der Waals surface area contributed by atoms with Gasteiger partial charge in [0.2, 0.25) is 0 Å². The zero-order valence-corrected chi connectivity index (χ0v) is 20.4. The van der Waals surface area contributed by atoms with Crippen LogP contribution in [0.15, 0.2) is 42.7 Å². The fraction of sp³-hybridized carbons (Fsp3) is 0.346. The third-order valence-electron chi connectivity index (χ3n) is 5.12. The van der Waals surface area contributed by atoms with Gasteiger partial charge in [0.05, 0.1) is 12.6 Å². The lowest BCUT2D eigenvalue weighted by atomic mass is 10.2. The average Bonchev–Trinajstić information content (AvgIpc) is 2.90. The van der Waals surface area contributed by atoms with Gasteiger partial charge in [-0.1, -0.05) is 12.0 Å². The number of unbranched alkanes of at least 4 members (excludes halogenated alkanes) is 1. The summed E-state index contributed by atoms with van der Waals surface area (Å²) in [6, 6.07) is 11.3. The Kier molecular flexibility index (Phi) is 12.0. The predicted molar refractivity (Wildman–Crippen MR) is 140 cm³/mol. The van der Waals surface area contributed by atoms with E-state index in [4.69, 9.17) is 21.6 Å². The molecule has 0 aliphatic heterocycles. The number of anilines is 2. The number of aromatic nitrogens is 2. The molecule has 0 saturated carbocycles. The van der Waals surface area contributed by atoms with Gasteiger partial charge in [-0.05, 0) is 44.3 Å². The van der Waals surface area contributed by atoms with Crippen molar-refractivity contribution in [2.24, 2.45) is 11.5 Å². The number of nitrogens with one attached hydrogen (secondary N) is 1. The number of rotatable bonds is 13. The van der Waals surface area contributed by atoms with Crippen molar-refractivity contribution in [3.63, 3.8) is 0 Å². The highest BCUT2D eigenvalue weighted by atomic mass is 16.5. The van der Waals surface area contributed by atoms with Crippen LogP contribution in [-0.4, -0.2) is 68.1 Å². The first-order valence-electron chi connectivity index (χ1n) is 11.4. The van der Waals surface area contributed by atoms with Gasteiger partial charge in [-0.15, -0.1) is 6.42 Å². The second-order valence-electron chi connectivity index (χ2n) is 7.38. The van der Waals surface area contributed by atoms with Crippen molar-refractivity contribution in [1.29, 1.82) is 0 Å². The molecule has 0 unspecified atom stereocenters. The van der Waals surface area contributed by atoms with E-state index in [2.05, 4.69) is 31.8 Å². The van der Waals surface area contributed by atoms with Crippen molar-refractivity contribution in [1.82, 2.24) is 14.9 Å². The fourth-order valence-electron chi connectivity index (χ4n) is 3.46. The van der Waals surface area contributed by atoms with Crippen LogP contribution >= 0.6 is 0 Å². The van der Waals surface area contributed by atoms with Gasteiger partial charge in [-0.25, -0.2) is 9.97 Å². The molecule has 0 bridgehead atoms. The number of aldehydes is 1. The molecule has 0 fully saturated rings. The maximum absolute atomic E-state index is 10.6. The first kappa shape index (κ1) is 27.5. The predicted octanol–water partition coefficient (Wildman–Crippen LogP) is 2.56. The molecule has 0 atom stereocenters. The Bertz CT molecular complexity index is 1120. The monoisotopic (exact) mass is 478 g/mol. The molecule has 0 amide bonds. The SMILES string of the molecule is C#Cc1cccc(Nc2ncnc3cc(OC)c(OCCN(CCN)CCCC=O)cc23)c1.CN. The zero-order chi connectivity index (χ0) is 25.5. The Morgan fingerprint density at radius 3 is 2.69 bits per heavy atom. The molecule has 1 aromatic heterocycles. The number of carbonyl (C=O) groups excluding carboxylic acids is 1. The molecule has 3 aromatic rings. The van der Waals surface area contributed by atoms with Crippen molar-refractivity contribution in [3.05, 3.63) is 48.3 Å². The lowest BCUT2D eigenvalue weighted by Gasteiger charge is -2.21. The summed E-state index contributed by atoms with van der Waals surface area (Å²) in [4.78, 5) is 21.6. The Morgan fingerprint density at radius 1 is 1.14 bits per heavy atom. The van der Waals surface area contributed by atoms with E-state index in [0.717, 1.165) is 48.0 Å². The quantitative estimate of drug-likeness (QED) is 0.193. The van der Waals surface area contributed by atoms with E-state index in [1.54, 1.807) is 7.11 Å². The van der Waals surface area contributed by atoms with E-state index in [0.29, 0.717) is 43.4 Å². The molecule has 9 nitrogen and oxygen atoms in total. The molecule has 3 rings (SSSR count). The summed E-state index contributed by atoms with van der Waals surface area (Å²) in [6.45, 7) is 3.23. The molecule has 186 valence electrons. The summed E-state index contributed by atoms with van der Waals surface area (Å²) in [5.41, 5.74) is 12.6.